The van der Waals surface area contributed by atoms with Gasteiger partial charge in [-0.05, 0) is 48.6 Å². The van der Waals surface area contributed by atoms with E-state index in [9.17, 15) is 25.2 Å². The zero-order valence-corrected chi connectivity index (χ0v) is 15.9. The summed E-state index contributed by atoms with van der Waals surface area (Å²) in [6.45, 7) is 0. The molecular weight excluding hydrogens is 372 g/mol. The first-order valence-electron chi connectivity index (χ1n) is 8.77. The molecule has 3 aromatic rings. The molecule has 2 aromatic carbocycles. The molecule has 0 saturated heterocycles. The van der Waals surface area contributed by atoms with Gasteiger partial charge in [0, 0.05) is 6.07 Å². The first-order chi connectivity index (χ1) is 13.8. The number of aromatic hydroxyl groups is 4. The Morgan fingerprint density at radius 2 is 1.24 bits per heavy atom. The van der Waals surface area contributed by atoms with Gasteiger partial charge in [0.05, 0.1) is 25.2 Å². The monoisotopic (exact) mass is 393 g/mol. The average Bonchev–Trinajstić information content (AvgIpc) is 2.68. The quantitative estimate of drug-likeness (QED) is 0.509. The first kappa shape index (κ1) is 19.8. The van der Waals surface area contributed by atoms with E-state index < -0.39 is 0 Å². The summed E-state index contributed by atoms with van der Waals surface area (Å²) in [5, 5.41) is 39.6. The number of rotatable bonds is 4. The minimum atomic E-state index is -0.296. The second-order valence-electron chi connectivity index (χ2n) is 6.48. The molecule has 0 aliphatic carbocycles. The highest BCUT2D eigenvalue weighted by molar-refractivity contribution is 5.77. The Balaban J connectivity index is 2.05. The van der Waals surface area contributed by atoms with Crippen LogP contribution >= 0.6 is 0 Å². The molecule has 0 amide bonds. The molecule has 0 radical (unpaired) electrons. The molecule has 0 unspecified atom stereocenters. The van der Waals surface area contributed by atoms with Crippen molar-refractivity contribution in [3.63, 3.8) is 0 Å². The number of hydrogen-bond donors (Lipinski definition) is 4. The van der Waals surface area contributed by atoms with E-state index >= 15 is 0 Å². The highest BCUT2D eigenvalue weighted by atomic mass is 16.3. The number of hydrogen-bond acceptors (Lipinski definition) is 5. The second-order valence-corrected chi connectivity index (χ2v) is 6.48. The normalized spacial score (nSPS) is 11.5. The van der Waals surface area contributed by atoms with Crippen molar-refractivity contribution < 1.29 is 25.0 Å². The Kier molecular flexibility index (Phi) is 5.40. The molecule has 29 heavy (non-hydrogen) atoms. The van der Waals surface area contributed by atoms with Gasteiger partial charge in [0.25, 0.3) is 0 Å². The van der Waals surface area contributed by atoms with Crippen molar-refractivity contribution in [2.75, 3.05) is 0 Å². The van der Waals surface area contributed by atoms with Crippen molar-refractivity contribution in [1.29, 1.82) is 0 Å². The van der Waals surface area contributed by atoms with Gasteiger partial charge in [0.15, 0.2) is 0 Å². The summed E-state index contributed by atoms with van der Waals surface area (Å²) in [4.78, 5) is 12.6. The highest BCUT2D eigenvalue weighted by Crippen LogP contribution is 2.29. The molecule has 0 fully saturated rings. The summed E-state index contributed by atoms with van der Waals surface area (Å²) in [6.07, 6.45) is 6.24. The van der Waals surface area contributed by atoms with E-state index in [0.29, 0.717) is 11.4 Å². The van der Waals surface area contributed by atoms with Crippen molar-refractivity contribution in [3.8, 4) is 23.0 Å². The third kappa shape index (κ3) is 3.98. The number of nitrogens with zero attached hydrogens (tertiary/aromatic N) is 2. The lowest BCUT2D eigenvalue weighted by Crippen LogP contribution is -2.53. The number of phenols is 4. The number of phenolic OH excluding ortho intramolecular Hbond substituents is 4. The third-order valence-corrected chi connectivity index (χ3v) is 4.61. The fourth-order valence-electron chi connectivity index (χ4n) is 2.87. The Labute approximate surface area is 167 Å². The Bertz CT molecular complexity index is 1060. The van der Waals surface area contributed by atoms with Crippen LogP contribution < -0.4 is 10.3 Å². The molecule has 4 N–H and O–H groups in total. The lowest BCUT2D eigenvalue weighted by Gasteiger charge is -2.05. The minimum absolute atomic E-state index is 0.0807. The van der Waals surface area contributed by atoms with Crippen LogP contribution in [0, 0.1) is 0 Å². The van der Waals surface area contributed by atoms with Crippen LogP contribution in [0.2, 0.25) is 0 Å². The molecule has 148 valence electrons. The summed E-state index contributed by atoms with van der Waals surface area (Å²) in [6, 6.07) is 10.6. The van der Waals surface area contributed by atoms with Crippen molar-refractivity contribution in [2.24, 2.45) is 14.1 Å². The van der Waals surface area contributed by atoms with E-state index in [2.05, 4.69) is 0 Å². The summed E-state index contributed by atoms with van der Waals surface area (Å²) in [5.41, 5.74) is 1.23. The van der Waals surface area contributed by atoms with Crippen LogP contribution in [0.3, 0.4) is 0 Å². The Morgan fingerprint density at radius 3 is 1.72 bits per heavy atom. The van der Waals surface area contributed by atoms with Crippen LogP contribution in [0.25, 0.3) is 24.3 Å². The fraction of sp³-hybridized carbons (Fsp3) is 0.0909. The SMILES string of the molecule is Cn1c(C=Cc2c(O)cccc2O)cc(C=Cc2c(O)cccc2O)[n+](C)c1=O. The van der Waals surface area contributed by atoms with Gasteiger partial charge in [-0.1, -0.05) is 12.1 Å². The molecule has 0 bridgehead atoms. The summed E-state index contributed by atoms with van der Waals surface area (Å²) in [5.74, 6) is -0.323. The van der Waals surface area contributed by atoms with Crippen LogP contribution in [0.15, 0.2) is 47.3 Å². The zero-order valence-electron chi connectivity index (χ0n) is 15.9. The molecule has 7 nitrogen and oxygen atoms in total. The second kappa shape index (κ2) is 7.93. The smallest absolute Gasteiger partial charge is 0.498 e. The predicted octanol–water partition coefficient (Wildman–Crippen LogP) is 2.37. The molecular formula is C22H21N2O5+. The van der Waals surface area contributed by atoms with E-state index in [1.54, 1.807) is 32.3 Å². The van der Waals surface area contributed by atoms with Gasteiger partial charge in [-0.2, -0.15) is 13.9 Å². The van der Waals surface area contributed by atoms with Crippen molar-refractivity contribution >= 4 is 24.3 Å². The Hall–Kier alpha value is -4.00. The van der Waals surface area contributed by atoms with E-state index in [1.165, 1.54) is 57.7 Å². The molecule has 0 aliphatic rings. The summed E-state index contributed by atoms with van der Waals surface area (Å²) >= 11 is 0. The topological polar surface area (TPSA) is 107 Å². The molecule has 3 rings (SSSR count). The maximum Gasteiger partial charge on any atom is 0.498 e. The molecule has 1 heterocycles. The lowest BCUT2D eigenvalue weighted by molar-refractivity contribution is -0.692. The molecule has 0 saturated carbocycles. The Morgan fingerprint density at radius 1 is 0.793 bits per heavy atom. The van der Waals surface area contributed by atoms with Gasteiger partial charge >= 0.3 is 5.69 Å². The van der Waals surface area contributed by atoms with Crippen molar-refractivity contribution in [3.05, 3.63) is 75.5 Å². The van der Waals surface area contributed by atoms with Gasteiger partial charge in [-0.3, -0.25) is 0 Å². The molecule has 0 aliphatic heterocycles. The van der Waals surface area contributed by atoms with Gasteiger partial charge in [-0.15, -0.1) is 0 Å². The molecule has 0 spiro atoms. The van der Waals surface area contributed by atoms with Crippen LogP contribution in [-0.4, -0.2) is 25.0 Å². The highest BCUT2D eigenvalue weighted by Gasteiger charge is 2.14. The van der Waals surface area contributed by atoms with E-state index in [1.807, 2.05) is 0 Å². The van der Waals surface area contributed by atoms with E-state index in [0.717, 1.165) is 0 Å². The number of benzene rings is 2. The average molecular weight is 393 g/mol. The maximum atomic E-state index is 12.6. The molecule has 7 heteroatoms. The van der Waals surface area contributed by atoms with Crippen molar-refractivity contribution in [1.82, 2.24) is 4.57 Å². The third-order valence-electron chi connectivity index (χ3n) is 4.61. The maximum absolute atomic E-state index is 12.6. The predicted molar refractivity (Wildman–Crippen MR) is 110 cm³/mol. The molecule has 0 atom stereocenters. The molecule has 1 aromatic heterocycles. The standard InChI is InChI=1S/C22H20N2O5/c1-23-14(9-11-16-18(25)5-3-6-19(16)26)13-15(24(2)22(23)29)10-12-17-20(27)7-4-8-21(17)28/h3-13H,1-2H3,(H3,25,26,27,28)/p+1. The van der Waals surface area contributed by atoms with Crippen molar-refractivity contribution in [2.45, 2.75) is 0 Å². The zero-order chi connectivity index (χ0) is 21.1. The van der Waals surface area contributed by atoms with Crippen LogP contribution in [-0.2, 0) is 14.1 Å². The van der Waals surface area contributed by atoms with Gasteiger partial charge in [0.1, 0.15) is 34.4 Å². The largest absolute Gasteiger partial charge is 0.507 e. The lowest BCUT2D eigenvalue weighted by atomic mass is 10.1. The first-order valence-corrected chi connectivity index (χ1v) is 8.77. The van der Waals surface area contributed by atoms with Gasteiger partial charge < -0.3 is 20.4 Å². The number of aromatic nitrogens is 2. The van der Waals surface area contributed by atoms with Gasteiger partial charge in [-0.25, -0.2) is 0 Å². The summed E-state index contributed by atoms with van der Waals surface area (Å²) in [7, 11) is 3.21. The van der Waals surface area contributed by atoms with Crippen LogP contribution in [0.5, 0.6) is 23.0 Å². The van der Waals surface area contributed by atoms with Crippen LogP contribution in [0.4, 0.5) is 0 Å². The van der Waals surface area contributed by atoms with Crippen LogP contribution in [0.1, 0.15) is 22.5 Å². The van der Waals surface area contributed by atoms with E-state index in [4.69, 9.17) is 0 Å². The fourth-order valence-corrected chi connectivity index (χ4v) is 2.87. The minimum Gasteiger partial charge on any atom is -0.507 e. The van der Waals surface area contributed by atoms with Gasteiger partial charge in [0.2, 0.25) is 0 Å². The summed E-state index contributed by atoms with van der Waals surface area (Å²) < 4.78 is 2.84. The van der Waals surface area contributed by atoms with E-state index in [-0.39, 0.29) is 39.8 Å².